The number of hydrogen-bond donors (Lipinski definition) is 1. The lowest BCUT2D eigenvalue weighted by Crippen LogP contribution is -2.36. The minimum Gasteiger partial charge on any atom is -0.376 e. The van der Waals surface area contributed by atoms with Crippen LogP contribution >= 0.6 is 11.3 Å². The molecule has 0 spiro atoms. The number of pyridine rings is 1. The fourth-order valence-corrected chi connectivity index (χ4v) is 5.27. The van der Waals surface area contributed by atoms with Crippen LogP contribution in [0.25, 0.3) is 20.4 Å². The molecule has 1 saturated heterocycles. The average molecular weight is 443 g/mol. The van der Waals surface area contributed by atoms with Crippen molar-refractivity contribution in [3.8, 4) is 0 Å². The summed E-state index contributed by atoms with van der Waals surface area (Å²) in [6.07, 6.45) is 5.17. The Balaban J connectivity index is 1.42. The van der Waals surface area contributed by atoms with Crippen molar-refractivity contribution in [1.82, 2.24) is 19.9 Å². The maximum atomic E-state index is 13.0. The van der Waals surface area contributed by atoms with E-state index < -0.39 is 0 Å². The number of carbonyl (C=O) groups is 1. The van der Waals surface area contributed by atoms with Gasteiger partial charge in [0.1, 0.15) is 16.1 Å². The second kappa shape index (κ2) is 7.96. The van der Waals surface area contributed by atoms with E-state index in [1.807, 2.05) is 0 Å². The third-order valence-electron chi connectivity index (χ3n) is 6.34. The molecule has 0 aromatic carbocycles. The number of aromatic nitrogens is 3. The molecule has 1 N–H and O–H groups in total. The van der Waals surface area contributed by atoms with Gasteiger partial charge in [0.05, 0.1) is 35.8 Å². The molecular weight excluding hydrogens is 416 g/mol. The van der Waals surface area contributed by atoms with Gasteiger partial charge in [0.2, 0.25) is 5.91 Å². The molecule has 9 heteroatoms. The van der Waals surface area contributed by atoms with E-state index in [4.69, 9.17) is 14.5 Å². The Morgan fingerprint density at radius 1 is 1.45 bits per heavy atom. The highest BCUT2D eigenvalue weighted by atomic mass is 32.1. The highest BCUT2D eigenvalue weighted by Crippen LogP contribution is 2.35. The van der Waals surface area contributed by atoms with Gasteiger partial charge in [-0.1, -0.05) is 6.92 Å². The molecule has 1 amide bonds. The Morgan fingerprint density at radius 2 is 2.32 bits per heavy atom. The van der Waals surface area contributed by atoms with E-state index in [2.05, 4.69) is 30.2 Å². The molecule has 5 heterocycles. The molecule has 2 aliphatic heterocycles. The first-order valence-corrected chi connectivity index (χ1v) is 11.6. The fraction of sp³-hybridized carbons (Fsp3) is 0.545. The topological polar surface area (TPSA) is 95.3 Å². The lowest BCUT2D eigenvalue weighted by Gasteiger charge is -2.33. The Labute approximate surface area is 183 Å². The molecule has 0 aliphatic carbocycles. The normalized spacial score (nSPS) is 23.4. The first kappa shape index (κ1) is 20.5. The minimum atomic E-state index is -0.218. The number of fused-ring (bicyclic) bond motifs is 4. The summed E-state index contributed by atoms with van der Waals surface area (Å²) >= 11 is 1.34. The summed E-state index contributed by atoms with van der Waals surface area (Å²) < 4.78 is 13.5. The SMILES string of the molecule is CC[C@]1(C)Cc2nc3sc4c(=O)n(CC(=O)NC[C@@H]5CCCO5)cnc4c3cc2CO1. The van der Waals surface area contributed by atoms with Gasteiger partial charge < -0.3 is 14.8 Å². The van der Waals surface area contributed by atoms with E-state index in [1.165, 1.54) is 22.2 Å². The largest absolute Gasteiger partial charge is 0.376 e. The van der Waals surface area contributed by atoms with Crippen LogP contribution in [0, 0.1) is 0 Å². The molecule has 164 valence electrons. The number of amides is 1. The lowest BCUT2D eigenvalue weighted by atomic mass is 9.91. The van der Waals surface area contributed by atoms with E-state index in [0.29, 0.717) is 23.4 Å². The van der Waals surface area contributed by atoms with Crippen LogP contribution in [-0.2, 0) is 33.8 Å². The van der Waals surface area contributed by atoms with E-state index in [1.54, 1.807) is 0 Å². The smallest absolute Gasteiger partial charge is 0.271 e. The second-order valence-corrected chi connectivity index (χ2v) is 9.61. The molecule has 2 aliphatic rings. The van der Waals surface area contributed by atoms with E-state index in [9.17, 15) is 9.59 Å². The molecule has 3 aromatic rings. The third kappa shape index (κ3) is 3.86. The van der Waals surface area contributed by atoms with Gasteiger partial charge >= 0.3 is 0 Å². The molecule has 2 atom stereocenters. The Bertz CT molecular complexity index is 1210. The zero-order valence-corrected chi connectivity index (χ0v) is 18.6. The summed E-state index contributed by atoms with van der Waals surface area (Å²) in [7, 11) is 0. The summed E-state index contributed by atoms with van der Waals surface area (Å²) in [5.74, 6) is -0.218. The Hall–Kier alpha value is -2.36. The van der Waals surface area contributed by atoms with Gasteiger partial charge in [-0.3, -0.25) is 14.2 Å². The van der Waals surface area contributed by atoms with Gasteiger partial charge in [-0.2, -0.15) is 0 Å². The predicted octanol–water partition coefficient (Wildman–Crippen LogP) is 2.54. The number of thiophene rings is 1. The van der Waals surface area contributed by atoms with Gasteiger partial charge in [0.15, 0.2) is 0 Å². The van der Waals surface area contributed by atoms with Crippen LogP contribution < -0.4 is 10.9 Å². The van der Waals surface area contributed by atoms with Crippen LogP contribution in [0.2, 0.25) is 0 Å². The summed E-state index contributed by atoms with van der Waals surface area (Å²) in [5, 5.41) is 3.72. The maximum Gasteiger partial charge on any atom is 0.271 e. The quantitative estimate of drug-likeness (QED) is 0.653. The molecule has 0 unspecified atom stereocenters. The van der Waals surface area contributed by atoms with Crippen molar-refractivity contribution in [2.45, 2.75) is 64.4 Å². The van der Waals surface area contributed by atoms with Crippen molar-refractivity contribution in [1.29, 1.82) is 0 Å². The van der Waals surface area contributed by atoms with Crippen LogP contribution in [-0.4, -0.2) is 45.3 Å². The summed E-state index contributed by atoms with van der Waals surface area (Å²) in [4.78, 5) is 35.5. The van der Waals surface area contributed by atoms with Crippen molar-refractivity contribution in [2.24, 2.45) is 0 Å². The molecule has 0 radical (unpaired) electrons. The number of nitrogens with one attached hydrogen (secondary N) is 1. The number of hydrogen-bond acceptors (Lipinski definition) is 7. The van der Waals surface area contributed by atoms with Crippen molar-refractivity contribution in [2.75, 3.05) is 13.2 Å². The highest BCUT2D eigenvalue weighted by molar-refractivity contribution is 7.25. The van der Waals surface area contributed by atoms with E-state index in [-0.39, 0.29) is 29.7 Å². The van der Waals surface area contributed by atoms with Gasteiger partial charge in [0.25, 0.3) is 5.56 Å². The predicted molar refractivity (Wildman–Crippen MR) is 118 cm³/mol. The molecule has 1 fully saturated rings. The van der Waals surface area contributed by atoms with E-state index >= 15 is 0 Å². The fourth-order valence-electron chi connectivity index (χ4n) is 4.19. The highest BCUT2D eigenvalue weighted by Gasteiger charge is 2.31. The van der Waals surface area contributed by atoms with Crippen LogP contribution in [0.3, 0.4) is 0 Å². The first-order valence-electron chi connectivity index (χ1n) is 10.8. The zero-order chi connectivity index (χ0) is 21.6. The standard InChI is InChI=1S/C22H26N4O4S/c1-3-22(2)8-16-13(11-30-22)7-15-18-19(31-20(15)25-16)21(28)26(12-24-18)10-17(27)23-9-14-5-4-6-29-14/h7,12,14H,3-6,8-11H2,1-2H3,(H,23,27)/t14-,22+/m0/s1. The molecule has 0 bridgehead atoms. The van der Waals surface area contributed by atoms with Crippen molar-refractivity contribution < 1.29 is 14.3 Å². The summed E-state index contributed by atoms with van der Waals surface area (Å²) in [5.41, 5.74) is 2.31. The summed E-state index contributed by atoms with van der Waals surface area (Å²) in [6.45, 7) is 5.90. The zero-order valence-electron chi connectivity index (χ0n) is 17.8. The number of nitrogens with zero attached hydrogens (tertiary/aromatic N) is 3. The average Bonchev–Trinajstić information content (AvgIpc) is 3.41. The lowest BCUT2D eigenvalue weighted by molar-refractivity contribution is -0.122. The molecular formula is C22H26N4O4S. The van der Waals surface area contributed by atoms with Gasteiger partial charge in [0, 0.05) is 30.5 Å². The molecule has 0 saturated carbocycles. The third-order valence-corrected chi connectivity index (χ3v) is 7.41. The number of ether oxygens (including phenoxy) is 2. The Kier molecular flexibility index (Phi) is 5.27. The van der Waals surface area contributed by atoms with Gasteiger partial charge in [-0.15, -0.1) is 11.3 Å². The molecule has 8 nitrogen and oxygen atoms in total. The Morgan fingerprint density at radius 3 is 3.10 bits per heavy atom. The second-order valence-electron chi connectivity index (χ2n) is 8.61. The number of rotatable bonds is 5. The van der Waals surface area contributed by atoms with Gasteiger partial charge in [-0.25, -0.2) is 9.97 Å². The molecule has 31 heavy (non-hydrogen) atoms. The van der Waals surface area contributed by atoms with Crippen molar-refractivity contribution in [3.05, 3.63) is 34.0 Å². The van der Waals surface area contributed by atoms with Crippen LogP contribution in [0.4, 0.5) is 0 Å². The minimum absolute atomic E-state index is 0.0602. The summed E-state index contributed by atoms with van der Waals surface area (Å²) in [6, 6.07) is 2.05. The first-order chi connectivity index (χ1) is 15.0. The maximum absolute atomic E-state index is 13.0. The van der Waals surface area contributed by atoms with Gasteiger partial charge in [-0.05, 0) is 32.3 Å². The monoisotopic (exact) mass is 442 g/mol. The van der Waals surface area contributed by atoms with Crippen molar-refractivity contribution in [3.63, 3.8) is 0 Å². The van der Waals surface area contributed by atoms with Crippen LogP contribution in [0.5, 0.6) is 0 Å². The van der Waals surface area contributed by atoms with Crippen LogP contribution in [0.15, 0.2) is 17.2 Å². The van der Waals surface area contributed by atoms with Crippen molar-refractivity contribution >= 4 is 37.7 Å². The molecule has 3 aromatic heterocycles. The van der Waals surface area contributed by atoms with E-state index in [0.717, 1.165) is 53.8 Å². The van der Waals surface area contributed by atoms with Crippen LogP contribution in [0.1, 0.15) is 44.4 Å². The molecule has 5 rings (SSSR count). The number of carbonyl (C=O) groups excluding carboxylic acids is 1.